The SMILES string of the molecule is CC(COS(C)(=O)=O)NC(=O)O. The smallest absolute Gasteiger partial charge is 0.404 e. The van der Waals surface area contributed by atoms with Crippen LogP contribution in [0.4, 0.5) is 4.79 Å². The third-order valence-corrected chi connectivity index (χ3v) is 1.47. The number of carbonyl (C=O) groups is 1. The highest BCUT2D eigenvalue weighted by molar-refractivity contribution is 7.85. The van der Waals surface area contributed by atoms with E-state index in [2.05, 4.69) is 4.18 Å². The normalized spacial score (nSPS) is 13.8. The molecule has 0 radical (unpaired) electrons. The number of amides is 1. The fraction of sp³-hybridized carbons (Fsp3) is 0.800. The predicted octanol–water partition coefficient (Wildman–Crippen LogP) is -0.381. The van der Waals surface area contributed by atoms with Gasteiger partial charge in [-0.3, -0.25) is 4.18 Å². The van der Waals surface area contributed by atoms with Gasteiger partial charge in [-0.25, -0.2) is 4.79 Å². The van der Waals surface area contributed by atoms with Crippen LogP contribution in [0.15, 0.2) is 0 Å². The summed E-state index contributed by atoms with van der Waals surface area (Å²) in [5.74, 6) is 0. The van der Waals surface area contributed by atoms with E-state index in [-0.39, 0.29) is 6.61 Å². The second-order valence-corrected chi connectivity index (χ2v) is 3.98. The molecule has 72 valence electrons. The highest BCUT2D eigenvalue weighted by Gasteiger charge is 2.08. The highest BCUT2D eigenvalue weighted by atomic mass is 32.2. The van der Waals surface area contributed by atoms with Crippen LogP contribution in [-0.4, -0.2) is 38.5 Å². The van der Waals surface area contributed by atoms with E-state index < -0.39 is 22.3 Å². The topological polar surface area (TPSA) is 92.7 Å². The number of hydrogen-bond acceptors (Lipinski definition) is 4. The van der Waals surface area contributed by atoms with E-state index in [0.717, 1.165) is 6.26 Å². The molecule has 12 heavy (non-hydrogen) atoms. The Morgan fingerprint density at radius 2 is 2.17 bits per heavy atom. The van der Waals surface area contributed by atoms with Crippen LogP contribution in [0.1, 0.15) is 6.92 Å². The second kappa shape index (κ2) is 4.27. The molecule has 0 rings (SSSR count). The summed E-state index contributed by atoms with van der Waals surface area (Å²) >= 11 is 0. The molecule has 0 spiro atoms. The lowest BCUT2D eigenvalue weighted by Crippen LogP contribution is -2.35. The second-order valence-electron chi connectivity index (χ2n) is 2.34. The Morgan fingerprint density at radius 1 is 1.67 bits per heavy atom. The molecule has 1 atom stereocenters. The van der Waals surface area contributed by atoms with Gasteiger partial charge in [-0.15, -0.1) is 0 Å². The van der Waals surface area contributed by atoms with Crippen LogP contribution < -0.4 is 5.32 Å². The summed E-state index contributed by atoms with van der Waals surface area (Å²) in [5, 5.41) is 10.2. The van der Waals surface area contributed by atoms with E-state index in [1.54, 1.807) is 0 Å². The van der Waals surface area contributed by atoms with Crippen LogP contribution in [0.5, 0.6) is 0 Å². The monoisotopic (exact) mass is 197 g/mol. The van der Waals surface area contributed by atoms with Gasteiger partial charge in [-0.1, -0.05) is 0 Å². The van der Waals surface area contributed by atoms with E-state index in [1.807, 2.05) is 5.32 Å². The lowest BCUT2D eigenvalue weighted by molar-refractivity contribution is 0.184. The maximum Gasteiger partial charge on any atom is 0.404 e. The van der Waals surface area contributed by atoms with Crippen molar-refractivity contribution in [2.45, 2.75) is 13.0 Å². The molecule has 0 saturated heterocycles. The molecule has 0 aliphatic carbocycles. The van der Waals surface area contributed by atoms with Gasteiger partial charge in [0, 0.05) is 0 Å². The molecular weight excluding hydrogens is 186 g/mol. The summed E-state index contributed by atoms with van der Waals surface area (Å²) in [6.45, 7) is 1.31. The maximum absolute atomic E-state index is 10.4. The molecule has 0 aromatic rings. The predicted molar refractivity (Wildman–Crippen MR) is 41.4 cm³/mol. The number of hydrogen-bond donors (Lipinski definition) is 2. The van der Waals surface area contributed by atoms with Gasteiger partial charge in [-0.05, 0) is 6.92 Å². The molecule has 0 heterocycles. The Labute approximate surface area is 70.7 Å². The van der Waals surface area contributed by atoms with Crippen molar-refractivity contribution < 1.29 is 22.5 Å². The zero-order chi connectivity index (χ0) is 9.78. The minimum Gasteiger partial charge on any atom is -0.465 e. The van der Waals surface area contributed by atoms with Crippen LogP contribution in [0.2, 0.25) is 0 Å². The molecule has 0 aliphatic rings. The molecule has 0 aromatic carbocycles. The summed E-state index contributed by atoms with van der Waals surface area (Å²) in [6.07, 6.45) is -0.305. The minimum atomic E-state index is -3.49. The average molecular weight is 197 g/mol. The van der Waals surface area contributed by atoms with Gasteiger partial charge >= 0.3 is 6.09 Å². The molecule has 0 aliphatic heterocycles. The molecule has 0 saturated carbocycles. The van der Waals surface area contributed by atoms with Crippen molar-refractivity contribution in [3.63, 3.8) is 0 Å². The van der Waals surface area contributed by atoms with Gasteiger partial charge in [0.25, 0.3) is 10.1 Å². The number of carboxylic acid groups (broad SMARTS) is 1. The molecule has 0 fully saturated rings. The summed E-state index contributed by atoms with van der Waals surface area (Å²) in [4.78, 5) is 10.0. The molecule has 1 amide bonds. The Hall–Kier alpha value is -0.820. The van der Waals surface area contributed by atoms with Gasteiger partial charge in [0.15, 0.2) is 0 Å². The Morgan fingerprint density at radius 3 is 2.50 bits per heavy atom. The Balaban J connectivity index is 3.72. The molecule has 0 bridgehead atoms. The van der Waals surface area contributed by atoms with E-state index in [1.165, 1.54) is 6.92 Å². The van der Waals surface area contributed by atoms with Crippen molar-refractivity contribution in [1.82, 2.24) is 5.32 Å². The van der Waals surface area contributed by atoms with Gasteiger partial charge in [0.2, 0.25) is 0 Å². The van der Waals surface area contributed by atoms with Crippen LogP contribution in [0.25, 0.3) is 0 Å². The first kappa shape index (κ1) is 11.2. The van der Waals surface area contributed by atoms with Crippen molar-refractivity contribution in [3.8, 4) is 0 Å². The van der Waals surface area contributed by atoms with Crippen molar-refractivity contribution in [1.29, 1.82) is 0 Å². The molecule has 6 nitrogen and oxygen atoms in total. The standard InChI is InChI=1S/C5H11NO5S/c1-4(6-5(7)8)3-11-12(2,9)10/h4,6H,3H2,1-2H3,(H,7,8). The largest absolute Gasteiger partial charge is 0.465 e. The van der Waals surface area contributed by atoms with Gasteiger partial charge in [0.05, 0.1) is 18.9 Å². The molecule has 1 unspecified atom stereocenters. The first-order chi connectivity index (χ1) is 5.31. The first-order valence-electron chi connectivity index (χ1n) is 3.15. The quantitative estimate of drug-likeness (QED) is 0.599. The lowest BCUT2D eigenvalue weighted by atomic mass is 10.4. The van der Waals surface area contributed by atoms with Crippen LogP contribution >= 0.6 is 0 Å². The fourth-order valence-electron chi connectivity index (χ4n) is 0.478. The molecule has 2 N–H and O–H groups in total. The minimum absolute atomic E-state index is 0.189. The zero-order valence-electron chi connectivity index (χ0n) is 6.77. The molecule has 7 heteroatoms. The van der Waals surface area contributed by atoms with E-state index in [9.17, 15) is 13.2 Å². The zero-order valence-corrected chi connectivity index (χ0v) is 7.59. The van der Waals surface area contributed by atoms with Crippen LogP contribution in [-0.2, 0) is 14.3 Å². The van der Waals surface area contributed by atoms with Crippen molar-refractivity contribution in [2.75, 3.05) is 12.9 Å². The Kier molecular flexibility index (Phi) is 3.98. The van der Waals surface area contributed by atoms with Crippen molar-refractivity contribution in [2.24, 2.45) is 0 Å². The number of nitrogens with one attached hydrogen (secondary N) is 1. The Bertz CT molecular complexity index is 247. The van der Waals surface area contributed by atoms with Crippen molar-refractivity contribution >= 4 is 16.2 Å². The molecule has 0 aromatic heterocycles. The average Bonchev–Trinajstić information content (AvgIpc) is 1.80. The summed E-state index contributed by atoms with van der Waals surface area (Å²) in [5.41, 5.74) is 0. The fourth-order valence-corrected chi connectivity index (χ4v) is 0.929. The first-order valence-corrected chi connectivity index (χ1v) is 4.97. The van der Waals surface area contributed by atoms with Crippen LogP contribution in [0.3, 0.4) is 0 Å². The maximum atomic E-state index is 10.4. The molecular formula is C5H11NO5S. The van der Waals surface area contributed by atoms with Gasteiger partial charge in [0.1, 0.15) is 0 Å². The highest BCUT2D eigenvalue weighted by Crippen LogP contribution is 1.90. The summed E-state index contributed by atoms with van der Waals surface area (Å²) in [7, 11) is -3.49. The van der Waals surface area contributed by atoms with Gasteiger partial charge < -0.3 is 10.4 Å². The van der Waals surface area contributed by atoms with Crippen LogP contribution in [0, 0.1) is 0 Å². The van der Waals surface area contributed by atoms with E-state index >= 15 is 0 Å². The number of rotatable bonds is 4. The summed E-state index contributed by atoms with van der Waals surface area (Å²) < 4.78 is 25.2. The summed E-state index contributed by atoms with van der Waals surface area (Å²) in [6, 6.07) is -0.544. The van der Waals surface area contributed by atoms with Gasteiger partial charge in [-0.2, -0.15) is 8.42 Å². The third kappa shape index (κ3) is 7.29. The third-order valence-electron chi connectivity index (χ3n) is 0.902. The van der Waals surface area contributed by atoms with E-state index in [0.29, 0.717) is 0 Å². The van der Waals surface area contributed by atoms with E-state index in [4.69, 9.17) is 5.11 Å². The van der Waals surface area contributed by atoms with Crippen molar-refractivity contribution in [3.05, 3.63) is 0 Å². The lowest BCUT2D eigenvalue weighted by Gasteiger charge is -2.09.